The quantitative estimate of drug-likeness (QED) is 0.283. The Kier molecular flexibility index (Phi) is 4.41. The zero-order valence-corrected chi connectivity index (χ0v) is 16.9. The molecular formula is C29H24. The van der Waals surface area contributed by atoms with Crippen molar-refractivity contribution in [2.45, 2.75) is 20.3 Å². The maximum Gasteiger partial charge on any atom is -0.00255 e. The minimum absolute atomic E-state index is 0.951. The van der Waals surface area contributed by atoms with Gasteiger partial charge in [-0.3, -0.25) is 0 Å². The number of fused-ring (bicyclic) bond motifs is 3. The third-order valence-corrected chi connectivity index (χ3v) is 5.88. The predicted molar refractivity (Wildman–Crippen MR) is 126 cm³/mol. The molecule has 0 aliphatic carbocycles. The van der Waals surface area contributed by atoms with Crippen molar-refractivity contribution in [3.05, 3.63) is 119 Å². The van der Waals surface area contributed by atoms with Gasteiger partial charge in [-0.1, -0.05) is 103 Å². The summed E-state index contributed by atoms with van der Waals surface area (Å²) < 4.78 is 0. The van der Waals surface area contributed by atoms with Crippen molar-refractivity contribution >= 4 is 21.5 Å². The van der Waals surface area contributed by atoms with Crippen LogP contribution in [0.2, 0.25) is 0 Å². The van der Waals surface area contributed by atoms with E-state index in [0.29, 0.717) is 0 Å². The molecule has 0 aromatic heterocycles. The lowest BCUT2D eigenvalue weighted by molar-refractivity contribution is 1.20. The molecule has 29 heavy (non-hydrogen) atoms. The van der Waals surface area contributed by atoms with Crippen molar-refractivity contribution < 1.29 is 0 Å². The van der Waals surface area contributed by atoms with Gasteiger partial charge in [0.05, 0.1) is 0 Å². The molecule has 5 aromatic carbocycles. The molecule has 0 saturated carbocycles. The van der Waals surface area contributed by atoms with Crippen LogP contribution in [0.1, 0.15) is 22.3 Å². The second kappa shape index (κ2) is 7.22. The summed E-state index contributed by atoms with van der Waals surface area (Å²) in [6.07, 6.45) is 0.951. The fourth-order valence-electron chi connectivity index (χ4n) is 4.24. The van der Waals surface area contributed by atoms with Crippen LogP contribution < -0.4 is 0 Å². The molecule has 5 aromatic rings. The fraction of sp³-hybridized carbons (Fsp3) is 0.103. The molecule has 0 spiro atoms. The average Bonchev–Trinajstić information content (AvgIpc) is 2.76. The molecule has 140 valence electrons. The number of hydrogen-bond donors (Lipinski definition) is 0. The monoisotopic (exact) mass is 372 g/mol. The Bertz CT molecular complexity index is 1310. The van der Waals surface area contributed by atoms with Gasteiger partial charge < -0.3 is 0 Å². The lowest BCUT2D eigenvalue weighted by atomic mass is 9.94. The molecule has 0 unspecified atom stereocenters. The highest BCUT2D eigenvalue weighted by molar-refractivity contribution is 6.09. The van der Waals surface area contributed by atoms with Crippen LogP contribution >= 0.6 is 0 Å². The molecule has 0 heteroatoms. The van der Waals surface area contributed by atoms with Crippen molar-refractivity contribution in [2.24, 2.45) is 0 Å². The Balaban J connectivity index is 1.48. The average molecular weight is 373 g/mol. The summed E-state index contributed by atoms with van der Waals surface area (Å²) in [5.74, 6) is 0. The van der Waals surface area contributed by atoms with Crippen LogP contribution in [-0.4, -0.2) is 0 Å². The van der Waals surface area contributed by atoms with E-state index in [1.165, 1.54) is 54.9 Å². The van der Waals surface area contributed by atoms with Gasteiger partial charge in [0, 0.05) is 0 Å². The maximum absolute atomic E-state index is 2.37. The Morgan fingerprint density at radius 1 is 0.517 bits per heavy atom. The molecular weight excluding hydrogens is 348 g/mol. The molecule has 0 saturated heterocycles. The third-order valence-electron chi connectivity index (χ3n) is 5.88. The van der Waals surface area contributed by atoms with Gasteiger partial charge >= 0.3 is 0 Å². The molecule has 0 atom stereocenters. The van der Waals surface area contributed by atoms with E-state index in [9.17, 15) is 0 Å². The van der Waals surface area contributed by atoms with Crippen LogP contribution in [0.3, 0.4) is 0 Å². The van der Waals surface area contributed by atoms with Crippen LogP contribution in [0, 0.1) is 13.8 Å². The predicted octanol–water partition coefficient (Wildman–Crippen LogP) is 7.87. The summed E-state index contributed by atoms with van der Waals surface area (Å²) in [6, 6.07) is 35.6. The van der Waals surface area contributed by atoms with Crippen LogP contribution in [-0.2, 0) is 6.42 Å². The lowest BCUT2D eigenvalue weighted by Gasteiger charge is -2.10. The summed E-state index contributed by atoms with van der Waals surface area (Å²) in [5, 5.41) is 5.36. The molecule has 0 N–H and O–H groups in total. The van der Waals surface area contributed by atoms with Crippen LogP contribution in [0.4, 0.5) is 0 Å². The van der Waals surface area contributed by atoms with Crippen molar-refractivity contribution in [2.75, 3.05) is 0 Å². The van der Waals surface area contributed by atoms with Gasteiger partial charge in [-0.05, 0) is 69.6 Å². The van der Waals surface area contributed by atoms with E-state index < -0.39 is 0 Å². The van der Waals surface area contributed by atoms with E-state index >= 15 is 0 Å². The Labute approximate surface area is 172 Å². The normalized spacial score (nSPS) is 11.2. The SMILES string of the molecule is Cc1ccc(-c2ccc(Cc3ccc4cc(C)c5ccccc5c4c3)cc2)cc1. The van der Waals surface area contributed by atoms with E-state index in [0.717, 1.165) is 6.42 Å². The first-order chi connectivity index (χ1) is 14.2. The minimum Gasteiger partial charge on any atom is -0.0616 e. The molecule has 0 aliphatic rings. The number of rotatable bonds is 3. The van der Waals surface area contributed by atoms with Crippen LogP contribution in [0.5, 0.6) is 0 Å². The lowest BCUT2D eigenvalue weighted by Crippen LogP contribution is -1.90. The van der Waals surface area contributed by atoms with Gasteiger partial charge in [-0.25, -0.2) is 0 Å². The standard InChI is InChI=1S/C29H24/c1-20-7-12-24(13-8-20)25-14-9-22(10-15-25)18-23-11-16-26-17-21(2)27-5-3-4-6-28(27)29(26)19-23/h3-17,19H,18H2,1-2H3. The van der Waals surface area contributed by atoms with E-state index in [2.05, 4.69) is 111 Å². The summed E-state index contributed by atoms with van der Waals surface area (Å²) in [4.78, 5) is 0. The Hall–Kier alpha value is -3.38. The zero-order chi connectivity index (χ0) is 19.8. The van der Waals surface area contributed by atoms with Gasteiger partial charge in [-0.2, -0.15) is 0 Å². The number of aryl methyl sites for hydroxylation is 2. The number of benzene rings is 5. The topological polar surface area (TPSA) is 0 Å². The summed E-state index contributed by atoms with van der Waals surface area (Å²) in [7, 11) is 0. The molecule has 0 nitrogen and oxygen atoms in total. The first-order valence-corrected chi connectivity index (χ1v) is 10.2. The second-order valence-corrected chi connectivity index (χ2v) is 8.03. The van der Waals surface area contributed by atoms with Crippen molar-refractivity contribution in [1.82, 2.24) is 0 Å². The highest BCUT2D eigenvalue weighted by Crippen LogP contribution is 2.30. The molecule has 0 radical (unpaired) electrons. The van der Waals surface area contributed by atoms with Crippen molar-refractivity contribution in [3.8, 4) is 11.1 Å². The molecule has 0 aliphatic heterocycles. The summed E-state index contributed by atoms with van der Waals surface area (Å²) in [5.41, 5.74) is 7.88. The Morgan fingerprint density at radius 3 is 1.86 bits per heavy atom. The molecule has 0 fully saturated rings. The van der Waals surface area contributed by atoms with Gasteiger partial charge in [-0.15, -0.1) is 0 Å². The van der Waals surface area contributed by atoms with E-state index in [4.69, 9.17) is 0 Å². The van der Waals surface area contributed by atoms with Gasteiger partial charge in [0.2, 0.25) is 0 Å². The van der Waals surface area contributed by atoms with E-state index in [1.54, 1.807) is 0 Å². The van der Waals surface area contributed by atoms with E-state index in [-0.39, 0.29) is 0 Å². The molecule has 0 amide bonds. The van der Waals surface area contributed by atoms with Crippen molar-refractivity contribution in [1.29, 1.82) is 0 Å². The highest BCUT2D eigenvalue weighted by atomic mass is 14.1. The first kappa shape index (κ1) is 17.7. The third kappa shape index (κ3) is 3.43. The highest BCUT2D eigenvalue weighted by Gasteiger charge is 2.06. The zero-order valence-electron chi connectivity index (χ0n) is 16.9. The number of hydrogen-bond acceptors (Lipinski definition) is 0. The van der Waals surface area contributed by atoms with Crippen LogP contribution in [0.15, 0.2) is 97.1 Å². The molecule has 0 bridgehead atoms. The fourth-order valence-corrected chi connectivity index (χ4v) is 4.24. The van der Waals surface area contributed by atoms with Gasteiger partial charge in [0.25, 0.3) is 0 Å². The Morgan fingerprint density at radius 2 is 1.14 bits per heavy atom. The first-order valence-electron chi connectivity index (χ1n) is 10.2. The van der Waals surface area contributed by atoms with E-state index in [1.807, 2.05) is 0 Å². The minimum atomic E-state index is 0.951. The summed E-state index contributed by atoms with van der Waals surface area (Å²) in [6.45, 7) is 4.33. The largest absolute Gasteiger partial charge is 0.0616 e. The molecule has 0 heterocycles. The smallest absolute Gasteiger partial charge is 0.00255 e. The summed E-state index contributed by atoms with van der Waals surface area (Å²) >= 11 is 0. The van der Waals surface area contributed by atoms with Gasteiger partial charge in [0.1, 0.15) is 0 Å². The second-order valence-electron chi connectivity index (χ2n) is 8.03. The van der Waals surface area contributed by atoms with Gasteiger partial charge in [0.15, 0.2) is 0 Å². The van der Waals surface area contributed by atoms with Crippen molar-refractivity contribution in [3.63, 3.8) is 0 Å². The van der Waals surface area contributed by atoms with Crippen LogP contribution in [0.25, 0.3) is 32.7 Å². The molecule has 5 rings (SSSR count). The maximum atomic E-state index is 2.37.